The molecule has 0 amide bonds. The van der Waals surface area contributed by atoms with Gasteiger partial charge in [-0.05, 0) is 89.1 Å². The van der Waals surface area contributed by atoms with Crippen LogP contribution in [0.2, 0.25) is 0 Å². The van der Waals surface area contributed by atoms with Crippen LogP contribution in [0.3, 0.4) is 0 Å². The molecule has 3 aromatic heterocycles. The van der Waals surface area contributed by atoms with Crippen molar-refractivity contribution in [1.82, 2.24) is 4.57 Å². The highest BCUT2D eigenvalue weighted by atomic mass is 16.3. The van der Waals surface area contributed by atoms with Crippen molar-refractivity contribution in [3.8, 4) is 5.69 Å². The summed E-state index contributed by atoms with van der Waals surface area (Å²) in [5.41, 5.74) is 13.1. The second-order valence-corrected chi connectivity index (χ2v) is 12.6. The zero-order chi connectivity index (χ0) is 27.7. The smallest absolute Gasteiger partial charge is 0.135 e. The first kappa shape index (κ1) is 22.6. The first-order chi connectivity index (χ1) is 20.6. The van der Waals surface area contributed by atoms with E-state index in [-0.39, 0.29) is 5.41 Å². The molecule has 0 saturated heterocycles. The van der Waals surface area contributed by atoms with Gasteiger partial charge in [-0.15, -0.1) is 0 Å². The number of rotatable bonds is 1. The van der Waals surface area contributed by atoms with Crippen LogP contribution in [0, 0.1) is 5.92 Å². The average Bonchev–Trinajstić information content (AvgIpc) is 3.72. The summed E-state index contributed by atoms with van der Waals surface area (Å²) in [6.07, 6.45) is 3.47. The van der Waals surface area contributed by atoms with E-state index in [1.807, 2.05) is 18.2 Å². The molecule has 8 aromatic rings. The van der Waals surface area contributed by atoms with Crippen molar-refractivity contribution in [2.45, 2.75) is 25.7 Å². The summed E-state index contributed by atoms with van der Waals surface area (Å²) in [6.45, 7) is 4.82. The van der Waals surface area contributed by atoms with Crippen molar-refractivity contribution in [1.29, 1.82) is 0 Å². The number of aromatic nitrogens is 1. The number of para-hydroxylation sites is 3. The molecule has 1 atom stereocenters. The molecule has 0 N–H and O–H groups in total. The van der Waals surface area contributed by atoms with Crippen LogP contribution in [0.1, 0.15) is 36.2 Å². The van der Waals surface area contributed by atoms with Crippen molar-refractivity contribution in [3.05, 3.63) is 126 Å². The van der Waals surface area contributed by atoms with Crippen molar-refractivity contribution in [2.24, 2.45) is 5.92 Å². The van der Waals surface area contributed by atoms with Crippen LogP contribution >= 0.6 is 0 Å². The molecule has 2 aliphatic rings. The van der Waals surface area contributed by atoms with Gasteiger partial charge in [0.2, 0.25) is 0 Å². The van der Waals surface area contributed by atoms with Crippen LogP contribution in [0.25, 0.3) is 72.1 Å². The highest BCUT2D eigenvalue weighted by molar-refractivity contribution is 6.09. The molecule has 0 fully saturated rings. The van der Waals surface area contributed by atoms with E-state index < -0.39 is 0 Å². The molecule has 0 radical (unpaired) electrons. The Morgan fingerprint density at radius 1 is 0.643 bits per heavy atom. The topological polar surface area (TPSA) is 31.2 Å². The van der Waals surface area contributed by atoms with Gasteiger partial charge in [-0.25, -0.2) is 0 Å². The Labute approximate surface area is 242 Å². The zero-order valence-corrected chi connectivity index (χ0v) is 23.4. The molecule has 2 aliphatic carbocycles. The van der Waals surface area contributed by atoms with Gasteiger partial charge in [0.25, 0.3) is 0 Å². The molecular formula is C39H27NO2. The maximum absolute atomic E-state index is 6.33. The molecule has 0 aliphatic heterocycles. The molecule has 200 valence electrons. The third-order valence-corrected chi connectivity index (χ3v) is 10.1. The Bertz CT molecular complexity index is 2480. The Morgan fingerprint density at radius 3 is 2.07 bits per heavy atom. The monoisotopic (exact) mass is 541 g/mol. The fourth-order valence-electron chi connectivity index (χ4n) is 8.03. The molecular weight excluding hydrogens is 514 g/mol. The van der Waals surface area contributed by atoms with Gasteiger partial charge in [0.1, 0.15) is 22.3 Å². The maximum Gasteiger partial charge on any atom is 0.135 e. The molecule has 3 nitrogen and oxygen atoms in total. The van der Waals surface area contributed by atoms with Crippen LogP contribution in [-0.2, 0) is 11.8 Å². The van der Waals surface area contributed by atoms with Gasteiger partial charge in [0, 0.05) is 43.9 Å². The lowest BCUT2D eigenvalue weighted by Crippen LogP contribution is -2.27. The lowest BCUT2D eigenvalue weighted by molar-refractivity contribution is 0.405. The lowest BCUT2D eigenvalue weighted by Gasteiger charge is -2.31. The number of furan rings is 2. The second kappa shape index (κ2) is 7.63. The van der Waals surface area contributed by atoms with Gasteiger partial charge in [0.15, 0.2) is 0 Å². The second-order valence-electron chi connectivity index (χ2n) is 12.6. The number of fused-ring (bicyclic) bond motifs is 12. The van der Waals surface area contributed by atoms with Crippen LogP contribution in [0.15, 0.2) is 112 Å². The van der Waals surface area contributed by atoms with E-state index in [1.54, 1.807) is 0 Å². The van der Waals surface area contributed by atoms with Gasteiger partial charge in [-0.2, -0.15) is 0 Å². The maximum atomic E-state index is 6.33. The van der Waals surface area contributed by atoms with E-state index in [9.17, 15) is 0 Å². The SMILES string of the molecule is CC1(C)c2cc3oc4ccccc4c3cc2C2=Cc3c(n(-c4ccc5oc6ccccc6c5c4)c4ccccc34)CC21. The van der Waals surface area contributed by atoms with Crippen molar-refractivity contribution in [3.63, 3.8) is 0 Å². The fourth-order valence-corrected chi connectivity index (χ4v) is 8.03. The molecule has 1 unspecified atom stereocenters. The number of hydrogen-bond donors (Lipinski definition) is 0. The van der Waals surface area contributed by atoms with Gasteiger partial charge < -0.3 is 13.4 Å². The van der Waals surface area contributed by atoms with Crippen LogP contribution in [-0.4, -0.2) is 4.57 Å². The third kappa shape index (κ3) is 2.76. The summed E-state index contributed by atoms with van der Waals surface area (Å²) in [5.74, 6) is 0.374. The zero-order valence-electron chi connectivity index (χ0n) is 23.4. The number of nitrogens with zero attached hydrogens (tertiary/aromatic N) is 1. The molecule has 0 bridgehead atoms. The molecule has 10 rings (SSSR count). The number of hydrogen-bond acceptors (Lipinski definition) is 2. The Kier molecular flexibility index (Phi) is 4.11. The van der Waals surface area contributed by atoms with Crippen molar-refractivity contribution >= 4 is 66.4 Å². The third-order valence-electron chi connectivity index (χ3n) is 10.1. The molecule has 3 heteroatoms. The first-order valence-electron chi connectivity index (χ1n) is 14.8. The Hall–Kier alpha value is -5.02. The summed E-state index contributed by atoms with van der Waals surface area (Å²) in [4.78, 5) is 0. The standard InChI is InChI=1S/C39H27NO2/c1-39(2)31-20-34-28(18-26(31)27-19-30-25-11-5-8-14-36(25)42-38(30)21-32(27)39)23-9-3-6-12-33(23)40(34)22-15-16-37-29(17-22)24-10-4-7-13-35(24)41-37/h3-19,21,31H,20H2,1-2H3. The summed E-state index contributed by atoms with van der Waals surface area (Å²) in [6, 6.07) is 36.9. The van der Waals surface area contributed by atoms with E-state index in [2.05, 4.69) is 109 Å². The van der Waals surface area contributed by atoms with Gasteiger partial charge in [-0.3, -0.25) is 0 Å². The van der Waals surface area contributed by atoms with Crippen molar-refractivity contribution in [2.75, 3.05) is 0 Å². The Morgan fingerprint density at radius 2 is 1.29 bits per heavy atom. The highest BCUT2D eigenvalue weighted by Crippen LogP contribution is 2.56. The summed E-state index contributed by atoms with van der Waals surface area (Å²) >= 11 is 0. The predicted molar refractivity (Wildman–Crippen MR) is 172 cm³/mol. The summed E-state index contributed by atoms with van der Waals surface area (Å²) < 4.78 is 15.0. The average molecular weight is 542 g/mol. The van der Waals surface area contributed by atoms with E-state index in [0.717, 1.165) is 39.5 Å². The molecule has 42 heavy (non-hydrogen) atoms. The minimum Gasteiger partial charge on any atom is -0.456 e. The largest absolute Gasteiger partial charge is 0.456 e. The van der Waals surface area contributed by atoms with Crippen molar-refractivity contribution < 1.29 is 8.83 Å². The summed E-state index contributed by atoms with van der Waals surface area (Å²) in [5, 5.41) is 6.01. The molecule has 5 aromatic carbocycles. The number of allylic oxidation sites excluding steroid dienone is 1. The van der Waals surface area contributed by atoms with E-state index >= 15 is 0 Å². The fraction of sp³-hybridized carbons (Fsp3) is 0.128. The van der Waals surface area contributed by atoms with Gasteiger partial charge in [-0.1, -0.05) is 68.4 Å². The normalized spacial score (nSPS) is 17.3. The van der Waals surface area contributed by atoms with Crippen LogP contribution in [0.4, 0.5) is 0 Å². The van der Waals surface area contributed by atoms with E-state index in [1.165, 1.54) is 55.3 Å². The highest BCUT2D eigenvalue weighted by Gasteiger charge is 2.46. The van der Waals surface area contributed by atoms with Crippen LogP contribution < -0.4 is 0 Å². The minimum absolute atomic E-state index is 0.0297. The Balaban J connectivity index is 1.23. The van der Waals surface area contributed by atoms with E-state index in [0.29, 0.717) is 5.92 Å². The lowest BCUT2D eigenvalue weighted by atomic mass is 9.73. The quantitative estimate of drug-likeness (QED) is 0.207. The molecule has 3 heterocycles. The first-order valence-corrected chi connectivity index (χ1v) is 14.8. The minimum atomic E-state index is -0.0297. The van der Waals surface area contributed by atoms with E-state index in [4.69, 9.17) is 8.83 Å². The molecule has 0 spiro atoms. The summed E-state index contributed by atoms with van der Waals surface area (Å²) in [7, 11) is 0. The van der Waals surface area contributed by atoms with Gasteiger partial charge in [0.05, 0.1) is 5.52 Å². The van der Waals surface area contributed by atoms with Crippen LogP contribution in [0.5, 0.6) is 0 Å². The van der Waals surface area contributed by atoms with Gasteiger partial charge >= 0.3 is 0 Å². The predicted octanol–water partition coefficient (Wildman–Crippen LogP) is 10.4. The number of benzene rings is 5. The molecule has 0 saturated carbocycles.